The monoisotopic (exact) mass is 1150 g/mol. The molecule has 0 saturated carbocycles. The SMILES string of the molecule is C=CC(=NC)c1[c-]cc2c(c1)c1cccc3c4c5oc6ccccc6c5ccc4n2c13.[Ir+3].[c-]1cc2c(cc1-c1ccccn1)c1cccc3c4c5oc6ccccc6c5ccc4n2c13.[c-]1ccccc1-c1ccccn1. The van der Waals surface area contributed by atoms with Gasteiger partial charge in [-0.25, -0.2) is 0 Å². The van der Waals surface area contributed by atoms with Crippen molar-refractivity contribution >= 4 is 126 Å². The average molecular weight is 1150 g/mol. The standard InChI is InChI=1S/C29H15N2O.C28H17N2O.C11H8N.Ir/c1-2-10-26-18(6-1)20-12-14-25-27(29(20)32-26)21-8-5-7-19-22-16-17(23-9-3-4-15-30-23)11-13-24(22)31(25)28(19)21;1-3-22(29-2)16-11-13-23-21(15-16)18-8-6-9-20-26-24(30(23)27(18)20)14-12-19-17-7-4-5-10-25(17)31-28(19)26;1-2-6-10(7-3-1)11-8-4-5-9-12-11;/h1-10,12-16H;3-10,12-15H,1H2,2H3;1-6,8-9H;/q3*-1;+3. The Morgan fingerprint density at radius 2 is 0.987 bits per heavy atom. The molecule has 0 saturated heterocycles. The van der Waals surface area contributed by atoms with Crippen molar-refractivity contribution in [2.75, 3.05) is 7.05 Å². The van der Waals surface area contributed by atoms with Gasteiger partial charge in [0.2, 0.25) is 0 Å². The average Bonchev–Trinajstić information content (AvgIpc) is 4.38. The van der Waals surface area contributed by atoms with Crippen LogP contribution in [0.15, 0.2) is 233 Å². The van der Waals surface area contributed by atoms with Crippen LogP contribution in [0.5, 0.6) is 0 Å². The number of para-hydroxylation sites is 4. The van der Waals surface area contributed by atoms with Crippen molar-refractivity contribution in [3.63, 3.8) is 0 Å². The predicted octanol–water partition coefficient (Wildman–Crippen LogP) is 17.3. The molecule has 0 aliphatic rings. The number of allylic oxidation sites excluding steroid dienone is 1. The number of benzene rings is 9. The molecule has 0 atom stereocenters. The second-order valence-corrected chi connectivity index (χ2v) is 18.8. The first kappa shape index (κ1) is 45.2. The van der Waals surface area contributed by atoms with Gasteiger partial charge in [0, 0.05) is 62.8 Å². The van der Waals surface area contributed by atoms with Crippen LogP contribution in [-0.2, 0) is 20.1 Å². The summed E-state index contributed by atoms with van der Waals surface area (Å²) in [5, 5.41) is 14.3. The third kappa shape index (κ3) is 6.75. The van der Waals surface area contributed by atoms with E-state index in [2.05, 4.69) is 158 Å². The van der Waals surface area contributed by atoms with E-state index in [9.17, 15) is 0 Å². The van der Waals surface area contributed by atoms with E-state index < -0.39 is 0 Å². The molecule has 76 heavy (non-hydrogen) atoms. The maximum absolute atomic E-state index is 6.39. The van der Waals surface area contributed by atoms with Gasteiger partial charge < -0.3 is 32.6 Å². The molecule has 8 aromatic heterocycles. The summed E-state index contributed by atoms with van der Waals surface area (Å²) < 4.78 is 17.5. The van der Waals surface area contributed by atoms with Crippen LogP contribution in [0.2, 0.25) is 0 Å². The van der Waals surface area contributed by atoms with Crippen molar-refractivity contribution in [2.45, 2.75) is 0 Å². The van der Waals surface area contributed by atoms with Crippen molar-refractivity contribution < 1.29 is 28.9 Å². The van der Waals surface area contributed by atoms with Gasteiger partial charge in [0.15, 0.2) is 0 Å². The van der Waals surface area contributed by atoms with Crippen LogP contribution in [0, 0.1) is 18.2 Å². The number of aromatic nitrogens is 4. The summed E-state index contributed by atoms with van der Waals surface area (Å²) >= 11 is 0. The van der Waals surface area contributed by atoms with Crippen LogP contribution in [-0.4, -0.2) is 31.5 Å². The Hall–Kier alpha value is -9.46. The summed E-state index contributed by atoms with van der Waals surface area (Å²) in [6.07, 6.45) is 5.39. The molecule has 0 unspecified atom stereocenters. The van der Waals surface area contributed by atoms with E-state index in [1.54, 1.807) is 19.3 Å². The maximum Gasteiger partial charge on any atom is 3.00 e. The largest absolute Gasteiger partial charge is 3.00 e. The minimum Gasteiger partial charge on any atom is -0.455 e. The van der Waals surface area contributed by atoms with Crippen LogP contribution in [0.25, 0.3) is 143 Å². The molecule has 17 rings (SSSR count). The summed E-state index contributed by atoms with van der Waals surface area (Å²) in [7, 11) is 1.79. The van der Waals surface area contributed by atoms with Gasteiger partial charge in [-0.15, -0.1) is 90.0 Å². The predicted molar refractivity (Wildman–Crippen MR) is 309 cm³/mol. The quantitative estimate of drug-likeness (QED) is 0.130. The first-order chi connectivity index (χ1) is 37.1. The van der Waals surface area contributed by atoms with E-state index >= 15 is 0 Å². The fraction of sp³-hybridized carbons (Fsp3) is 0.0147. The molecule has 0 amide bonds. The van der Waals surface area contributed by atoms with Crippen molar-refractivity contribution in [1.82, 2.24) is 18.8 Å². The zero-order valence-corrected chi connectivity index (χ0v) is 43.2. The molecule has 7 nitrogen and oxygen atoms in total. The van der Waals surface area contributed by atoms with Gasteiger partial charge >= 0.3 is 20.1 Å². The van der Waals surface area contributed by atoms with E-state index in [-0.39, 0.29) is 20.1 Å². The van der Waals surface area contributed by atoms with Crippen molar-refractivity contribution in [2.24, 2.45) is 4.99 Å². The number of nitrogens with zero attached hydrogens (tertiary/aromatic N) is 5. The molecule has 17 aromatic rings. The number of furan rings is 2. The molecule has 0 radical (unpaired) electrons. The third-order valence-corrected chi connectivity index (χ3v) is 14.8. The molecule has 0 fully saturated rings. The minimum atomic E-state index is 0. The Balaban J connectivity index is 0.000000113. The Labute approximate surface area is 448 Å². The van der Waals surface area contributed by atoms with Crippen LogP contribution in [0.3, 0.4) is 0 Å². The molecule has 0 spiro atoms. The van der Waals surface area contributed by atoms with E-state index in [1.165, 1.54) is 54.1 Å². The van der Waals surface area contributed by atoms with Crippen molar-refractivity contribution in [3.8, 4) is 22.5 Å². The van der Waals surface area contributed by atoms with E-state index in [0.717, 1.165) is 99.7 Å². The second kappa shape index (κ2) is 17.9. The number of hydrogen-bond acceptors (Lipinski definition) is 5. The van der Waals surface area contributed by atoms with Gasteiger partial charge in [-0.3, -0.25) is 0 Å². The van der Waals surface area contributed by atoms with Crippen LogP contribution >= 0.6 is 0 Å². The van der Waals surface area contributed by atoms with Gasteiger partial charge in [0.25, 0.3) is 0 Å². The molecule has 0 N–H and O–H groups in total. The molecule has 0 aliphatic carbocycles. The smallest absolute Gasteiger partial charge is 0.455 e. The van der Waals surface area contributed by atoms with Gasteiger partial charge in [0.05, 0.1) is 21.8 Å². The molecule has 0 aliphatic heterocycles. The second-order valence-electron chi connectivity index (χ2n) is 18.8. The minimum absolute atomic E-state index is 0. The van der Waals surface area contributed by atoms with E-state index in [1.807, 2.05) is 91.1 Å². The zero-order chi connectivity index (χ0) is 49.7. The molecule has 8 heterocycles. The summed E-state index contributed by atoms with van der Waals surface area (Å²) in [5.41, 5.74) is 16.6. The van der Waals surface area contributed by atoms with E-state index in [4.69, 9.17) is 8.83 Å². The van der Waals surface area contributed by atoms with Crippen LogP contribution < -0.4 is 0 Å². The molecular weight excluding hydrogens is 1110 g/mol. The molecule has 358 valence electrons. The van der Waals surface area contributed by atoms with Gasteiger partial charge in [-0.2, -0.15) is 0 Å². The van der Waals surface area contributed by atoms with Crippen LogP contribution in [0.4, 0.5) is 0 Å². The fourth-order valence-electron chi connectivity index (χ4n) is 11.6. The Morgan fingerprint density at radius 1 is 0.474 bits per heavy atom. The summed E-state index contributed by atoms with van der Waals surface area (Å²) in [6.45, 7) is 3.89. The summed E-state index contributed by atoms with van der Waals surface area (Å²) in [5.74, 6) is 0. The van der Waals surface area contributed by atoms with Crippen LogP contribution in [0.1, 0.15) is 5.56 Å². The normalized spacial score (nSPS) is 12.0. The topological polar surface area (TPSA) is 73.2 Å². The summed E-state index contributed by atoms with van der Waals surface area (Å²) in [6, 6.07) is 76.7. The number of fused-ring (bicyclic) bond motifs is 20. The van der Waals surface area contributed by atoms with Gasteiger partial charge in [-0.1, -0.05) is 114 Å². The van der Waals surface area contributed by atoms with Crippen molar-refractivity contribution in [1.29, 1.82) is 0 Å². The first-order valence-corrected chi connectivity index (χ1v) is 24.9. The maximum atomic E-state index is 6.39. The van der Waals surface area contributed by atoms with Gasteiger partial charge in [0.1, 0.15) is 22.3 Å². The Bertz CT molecular complexity index is 5050. The molecule has 9 aromatic carbocycles. The fourth-order valence-corrected chi connectivity index (χ4v) is 11.6. The Kier molecular flexibility index (Phi) is 10.6. The molecule has 8 heteroatoms. The summed E-state index contributed by atoms with van der Waals surface area (Å²) in [4.78, 5) is 13.1. The first-order valence-electron chi connectivity index (χ1n) is 24.9. The van der Waals surface area contributed by atoms with E-state index in [0.29, 0.717) is 0 Å². The number of pyridine rings is 2. The number of hydrogen-bond donors (Lipinski definition) is 0. The molecule has 0 bridgehead atoms. The van der Waals surface area contributed by atoms with Crippen molar-refractivity contribution in [3.05, 3.63) is 243 Å². The zero-order valence-electron chi connectivity index (χ0n) is 40.8. The number of aliphatic imine (C=N–C) groups is 1. The molecular formula is C68H40IrN5O2. The van der Waals surface area contributed by atoms with Gasteiger partial charge in [-0.05, 0) is 87.4 Å². The third-order valence-electron chi connectivity index (χ3n) is 14.8. The Morgan fingerprint density at radius 3 is 1.53 bits per heavy atom. The number of rotatable bonds is 4.